The van der Waals surface area contributed by atoms with Gasteiger partial charge in [-0.1, -0.05) is 6.07 Å². The third-order valence-corrected chi connectivity index (χ3v) is 2.79. The fourth-order valence-electron chi connectivity index (χ4n) is 1.83. The van der Waals surface area contributed by atoms with Crippen molar-refractivity contribution in [1.82, 2.24) is 9.88 Å². The van der Waals surface area contributed by atoms with Crippen LogP contribution in [0, 0.1) is 6.92 Å². The van der Waals surface area contributed by atoms with Crippen LogP contribution in [0.25, 0.3) is 0 Å². The molecule has 0 spiro atoms. The number of nitrogens with one attached hydrogen (secondary N) is 1. The Morgan fingerprint density at radius 1 is 1.31 bits per heavy atom. The van der Waals surface area contributed by atoms with Crippen LogP contribution in [0.1, 0.15) is 24.8 Å². The highest BCUT2D eigenvalue weighted by molar-refractivity contribution is 5.88. The molecule has 4 nitrogen and oxygen atoms in total. The number of piperidine rings is 1. The van der Waals surface area contributed by atoms with E-state index in [1.54, 1.807) is 6.20 Å². The minimum atomic E-state index is -0.0314. The number of carbonyl (C=O) groups excluding carboxylic acids is 1. The number of hydrogen-bond donors (Lipinski definition) is 1. The van der Waals surface area contributed by atoms with Gasteiger partial charge in [-0.15, -0.1) is 0 Å². The van der Waals surface area contributed by atoms with Crippen molar-refractivity contribution < 1.29 is 4.79 Å². The first-order valence-corrected chi connectivity index (χ1v) is 5.74. The zero-order chi connectivity index (χ0) is 11.4. The van der Waals surface area contributed by atoms with E-state index >= 15 is 0 Å². The number of aromatic nitrogens is 1. The maximum atomic E-state index is 11.8. The molecule has 1 aliphatic rings. The first-order valence-electron chi connectivity index (χ1n) is 5.74. The van der Waals surface area contributed by atoms with Gasteiger partial charge in [0.05, 0.1) is 0 Å². The van der Waals surface area contributed by atoms with Crippen molar-refractivity contribution in [2.75, 3.05) is 18.4 Å². The molecule has 1 aliphatic heterocycles. The van der Waals surface area contributed by atoms with Crippen LogP contribution < -0.4 is 5.32 Å². The van der Waals surface area contributed by atoms with E-state index in [4.69, 9.17) is 0 Å². The van der Waals surface area contributed by atoms with E-state index < -0.39 is 0 Å². The molecule has 1 aromatic rings. The SMILES string of the molecule is Cc1ccc(NC(=O)N2CCCCC2)nc1. The smallest absolute Gasteiger partial charge is 0.323 e. The zero-order valence-electron chi connectivity index (χ0n) is 9.57. The highest BCUT2D eigenvalue weighted by Crippen LogP contribution is 2.11. The average Bonchev–Trinajstić information content (AvgIpc) is 2.33. The molecule has 1 fully saturated rings. The van der Waals surface area contributed by atoms with Crippen LogP contribution in [-0.4, -0.2) is 29.0 Å². The lowest BCUT2D eigenvalue weighted by molar-refractivity contribution is 0.200. The molecule has 2 amide bonds. The van der Waals surface area contributed by atoms with Crippen LogP contribution in [0.3, 0.4) is 0 Å². The summed E-state index contributed by atoms with van der Waals surface area (Å²) in [6.07, 6.45) is 5.20. The van der Waals surface area contributed by atoms with Crippen molar-refractivity contribution in [3.8, 4) is 0 Å². The number of aryl methyl sites for hydroxylation is 1. The monoisotopic (exact) mass is 219 g/mol. The number of carbonyl (C=O) groups is 1. The number of nitrogens with zero attached hydrogens (tertiary/aromatic N) is 2. The molecule has 1 saturated heterocycles. The Morgan fingerprint density at radius 3 is 2.69 bits per heavy atom. The summed E-state index contributed by atoms with van der Waals surface area (Å²) in [5.74, 6) is 0.626. The maximum Gasteiger partial charge on any atom is 0.323 e. The highest BCUT2D eigenvalue weighted by atomic mass is 16.2. The summed E-state index contributed by atoms with van der Waals surface area (Å²) in [6.45, 7) is 3.69. The third kappa shape index (κ3) is 2.72. The summed E-state index contributed by atoms with van der Waals surface area (Å²) in [5, 5.41) is 2.81. The van der Waals surface area contributed by atoms with E-state index in [-0.39, 0.29) is 6.03 Å². The molecule has 0 saturated carbocycles. The second-order valence-electron chi connectivity index (χ2n) is 4.20. The van der Waals surface area contributed by atoms with E-state index in [0.717, 1.165) is 31.5 Å². The first-order chi connectivity index (χ1) is 7.75. The largest absolute Gasteiger partial charge is 0.325 e. The van der Waals surface area contributed by atoms with Gasteiger partial charge in [-0.05, 0) is 37.8 Å². The second kappa shape index (κ2) is 4.96. The molecule has 0 aromatic carbocycles. The number of amides is 2. The van der Waals surface area contributed by atoms with E-state index in [2.05, 4.69) is 10.3 Å². The topological polar surface area (TPSA) is 45.2 Å². The minimum absolute atomic E-state index is 0.0314. The van der Waals surface area contributed by atoms with Gasteiger partial charge in [0.1, 0.15) is 5.82 Å². The van der Waals surface area contributed by atoms with Crippen LogP contribution in [0.2, 0.25) is 0 Å². The Morgan fingerprint density at radius 2 is 2.06 bits per heavy atom. The van der Waals surface area contributed by atoms with Crippen molar-refractivity contribution >= 4 is 11.8 Å². The van der Waals surface area contributed by atoms with Gasteiger partial charge >= 0.3 is 6.03 Å². The molecule has 16 heavy (non-hydrogen) atoms. The number of anilines is 1. The maximum absolute atomic E-state index is 11.8. The van der Waals surface area contributed by atoms with Crippen molar-refractivity contribution in [3.63, 3.8) is 0 Å². The van der Waals surface area contributed by atoms with Gasteiger partial charge in [0.15, 0.2) is 0 Å². The van der Waals surface area contributed by atoms with Gasteiger partial charge in [0, 0.05) is 19.3 Å². The molecule has 2 heterocycles. The quantitative estimate of drug-likeness (QED) is 0.788. The van der Waals surface area contributed by atoms with Crippen LogP contribution in [0.5, 0.6) is 0 Å². The Kier molecular flexibility index (Phi) is 3.39. The van der Waals surface area contributed by atoms with E-state index in [1.165, 1.54) is 6.42 Å². The van der Waals surface area contributed by atoms with E-state index in [0.29, 0.717) is 5.82 Å². The second-order valence-corrected chi connectivity index (χ2v) is 4.20. The number of likely N-dealkylation sites (tertiary alicyclic amines) is 1. The zero-order valence-corrected chi connectivity index (χ0v) is 9.57. The van der Waals surface area contributed by atoms with Crippen molar-refractivity contribution in [2.24, 2.45) is 0 Å². The lowest BCUT2D eigenvalue weighted by Crippen LogP contribution is -2.38. The Labute approximate surface area is 95.7 Å². The molecule has 4 heteroatoms. The highest BCUT2D eigenvalue weighted by Gasteiger charge is 2.16. The number of pyridine rings is 1. The van der Waals surface area contributed by atoms with Crippen molar-refractivity contribution in [1.29, 1.82) is 0 Å². The molecule has 0 radical (unpaired) electrons. The first kappa shape index (κ1) is 10.9. The Balaban J connectivity index is 1.93. The lowest BCUT2D eigenvalue weighted by atomic mass is 10.1. The van der Waals surface area contributed by atoms with Gasteiger partial charge in [0.25, 0.3) is 0 Å². The predicted molar refractivity (Wildman–Crippen MR) is 63.4 cm³/mol. The van der Waals surface area contributed by atoms with E-state index in [9.17, 15) is 4.79 Å². The van der Waals surface area contributed by atoms with Gasteiger partial charge in [0.2, 0.25) is 0 Å². The van der Waals surface area contributed by atoms with Gasteiger partial charge in [-0.3, -0.25) is 5.32 Å². The molecule has 0 aliphatic carbocycles. The van der Waals surface area contributed by atoms with E-state index in [1.807, 2.05) is 24.0 Å². The molecular weight excluding hydrogens is 202 g/mol. The molecule has 86 valence electrons. The normalized spacial score (nSPS) is 15.9. The third-order valence-electron chi connectivity index (χ3n) is 2.79. The molecule has 0 atom stereocenters. The van der Waals surface area contributed by atoms with Crippen LogP contribution in [0.15, 0.2) is 18.3 Å². The Bertz CT molecular complexity index is 355. The minimum Gasteiger partial charge on any atom is -0.325 e. The summed E-state index contributed by atoms with van der Waals surface area (Å²) in [5.41, 5.74) is 1.09. The molecular formula is C12H17N3O. The molecule has 0 bridgehead atoms. The fraction of sp³-hybridized carbons (Fsp3) is 0.500. The lowest BCUT2D eigenvalue weighted by Gasteiger charge is -2.26. The number of rotatable bonds is 1. The molecule has 2 rings (SSSR count). The number of urea groups is 1. The number of hydrogen-bond acceptors (Lipinski definition) is 2. The fourth-order valence-corrected chi connectivity index (χ4v) is 1.83. The summed E-state index contributed by atoms with van der Waals surface area (Å²) in [6, 6.07) is 3.74. The van der Waals surface area contributed by atoms with Gasteiger partial charge < -0.3 is 4.90 Å². The Hall–Kier alpha value is -1.58. The van der Waals surface area contributed by atoms with Crippen molar-refractivity contribution in [2.45, 2.75) is 26.2 Å². The van der Waals surface area contributed by atoms with Gasteiger partial charge in [-0.2, -0.15) is 0 Å². The van der Waals surface area contributed by atoms with Crippen LogP contribution in [0.4, 0.5) is 10.6 Å². The molecule has 1 aromatic heterocycles. The summed E-state index contributed by atoms with van der Waals surface area (Å²) in [7, 11) is 0. The summed E-state index contributed by atoms with van der Waals surface area (Å²) >= 11 is 0. The average molecular weight is 219 g/mol. The molecule has 1 N–H and O–H groups in total. The van der Waals surface area contributed by atoms with Gasteiger partial charge in [-0.25, -0.2) is 9.78 Å². The van der Waals surface area contributed by atoms with Crippen molar-refractivity contribution in [3.05, 3.63) is 23.9 Å². The standard InChI is InChI=1S/C12H17N3O/c1-10-5-6-11(13-9-10)14-12(16)15-7-3-2-4-8-15/h5-6,9H,2-4,7-8H2,1H3,(H,13,14,16). The summed E-state index contributed by atoms with van der Waals surface area (Å²) in [4.78, 5) is 17.8. The predicted octanol–water partition coefficient (Wildman–Crippen LogP) is 2.41. The van der Waals surface area contributed by atoms with Crippen LogP contribution >= 0.6 is 0 Å². The summed E-state index contributed by atoms with van der Waals surface area (Å²) < 4.78 is 0. The molecule has 0 unspecified atom stereocenters. The van der Waals surface area contributed by atoms with Crippen LogP contribution in [-0.2, 0) is 0 Å².